The summed E-state index contributed by atoms with van der Waals surface area (Å²) >= 11 is 0. The average Bonchev–Trinajstić information content (AvgIpc) is 2.79. The van der Waals surface area contributed by atoms with Crippen LogP contribution in [0.15, 0.2) is 78.9 Å². The third-order valence-corrected chi connectivity index (χ3v) is 4.84. The first-order valence-electron chi connectivity index (χ1n) is 9.79. The highest BCUT2D eigenvalue weighted by Crippen LogP contribution is 2.27. The van der Waals surface area contributed by atoms with Crippen LogP contribution in [0.4, 0.5) is 11.4 Å². The predicted molar refractivity (Wildman–Crippen MR) is 115 cm³/mol. The van der Waals surface area contributed by atoms with E-state index in [0.29, 0.717) is 25.4 Å². The van der Waals surface area contributed by atoms with E-state index in [1.807, 2.05) is 78.9 Å². The molecule has 0 saturated carbocycles. The Balaban J connectivity index is 1.45. The molecule has 0 unspecified atom stereocenters. The van der Waals surface area contributed by atoms with E-state index in [1.54, 1.807) is 0 Å². The maximum atomic E-state index is 12.9. The van der Waals surface area contributed by atoms with E-state index in [-0.39, 0.29) is 5.91 Å². The maximum absolute atomic E-state index is 12.9. The summed E-state index contributed by atoms with van der Waals surface area (Å²) in [5.74, 6) is 0.675. The topological polar surface area (TPSA) is 50.8 Å². The Morgan fingerprint density at radius 3 is 2.52 bits per heavy atom. The van der Waals surface area contributed by atoms with Gasteiger partial charge in [-0.25, -0.2) is 0 Å². The Morgan fingerprint density at radius 1 is 0.931 bits per heavy atom. The number of amides is 1. The lowest BCUT2D eigenvalue weighted by Gasteiger charge is -2.30. The highest BCUT2D eigenvalue weighted by Gasteiger charge is 2.16. The van der Waals surface area contributed by atoms with Crippen LogP contribution in [-0.2, 0) is 11.3 Å². The minimum absolute atomic E-state index is 0.132. The number of anilines is 2. The minimum atomic E-state index is -0.132. The lowest BCUT2D eigenvalue weighted by atomic mass is 10.1. The summed E-state index contributed by atoms with van der Waals surface area (Å²) in [6, 6.07) is 25.1. The molecular weight excluding hydrogens is 364 g/mol. The van der Waals surface area contributed by atoms with Crippen molar-refractivity contribution in [2.75, 3.05) is 36.5 Å². The second-order valence-corrected chi connectivity index (χ2v) is 6.87. The van der Waals surface area contributed by atoms with Gasteiger partial charge in [-0.05, 0) is 42.0 Å². The van der Waals surface area contributed by atoms with Crippen molar-refractivity contribution in [1.29, 1.82) is 0 Å². The number of para-hydroxylation sites is 3. The Kier molecular flexibility index (Phi) is 6.07. The average molecular weight is 388 g/mol. The van der Waals surface area contributed by atoms with Gasteiger partial charge in [0.15, 0.2) is 0 Å². The molecule has 1 aliphatic heterocycles. The van der Waals surface area contributed by atoms with E-state index in [2.05, 4.69) is 10.2 Å². The zero-order valence-corrected chi connectivity index (χ0v) is 16.2. The molecule has 1 N–H and O–H groups in total. The van der Waals surface area contributed by atoms with Gasteiger partial charge in [0, 0.05) is 18.7 Å². The maximum Gasteiger partial charge on any atom is 0.255 e. The number of ether oxygens (including phenoxy) is 2. The van der Waals surface area contributed by atoms with Gasteiger partial charge in [0.2, 0.25) is 0 Å². The molecule has 0 spiro atoms. The van der Waals surface area contributed by atoms with E-state index >= 15 is 0 Å². The first-order chi connectivity index (χ1) is 14.3. The molecule has 3 aromatic rings. The second-order valence-electron chi connectivity index (χ2n) is 6.87. The van der Waals surface area contributed by atoms with Crippen LogP contribution in [0, 0.1) is 0 Å². The molecule has 0 atom stereocenters. The molecule has 0 bridgehead atoms. The van der Waals surface area contributed by atoms with Gasteiger partial charge in [-0.1, -0.05) is 42.5 Å². The number of nitrogens with one attached hydrogen (secondary N) is 1. The summed E-state index contributed by atoms with van der Waals surface area (Å²) in [6.45, 7) is 3.45. The first kappa shape index (κ1) is 19.0. The number of rotatable bonds is 6. The molecule has 1 amide bonds. The highest BCUT2D eigenvalue weighted by molar-refractivity contribution is 6.06. The van der Waals surface area contributed by atoms with Gasteiger partial charge < -0.3 is 19.7 Å². The summed E-state index contributed by atoms with van der Waals surface area (Å²) < 4.78 is 11.2. The van der Waals surface area contributed by atoms with Crippen LogP contribution < -0.4 is 15.0 Å². The van der Waals surface area contributed by atoms with E-state index in [9.17, 15) is 4.79 Å². The quantitative estimate of drug-likeness (QED) is 0.682. The lowest BCUT2D eigenvalue weighted by molar-refractivity contribution is 0.102. The van der Waals surface area contributed by atoms with Crippen molar-refractivity contribution >= 4 is 17.3 Å². The number of carbonyl (C=O) groups excluding carboxylic acids is 1. The molecule has 1 heterocycles. The van der Waals surface area contributed by atoms with Crippen molar-refractivity contribution < 1.29 is 14.3 Å². The molecule has 3 aromatic carbocycles. The molecule has 0 radical (unpaired) electrons. The van der Waals surface area contributed by atoms with Gasteiger partial charge >= 0.3 is 0 Å². The molecule has 29 heavy (non-hydrogen) atoms. The summed E-state index contributed by atoms with van der Waals surface area (Å²) in [5, 5.41) is 3.06. The number of hydrogen-bond acceptors (Lipinski definition) is 4. The van der Waals surface area contributed by atoms with Crippen LogP contribution in [0.25, 0.3) is 0 Å². The standard InChI is InChI=1S/C24H24N2O3/c27-24(25-22-11-4-5-12-23(22)26-13-15-28-16-14-26)20-8-6-7-19(17-20)18-29-21-9-2-1-3-10-21/h1-12,17H,13-16,18H2,(H,25,27). The van der Waals surface area contributed by atoms with Gasteiger partial charge in [-0.3, -0.25) is 4.79 Å². The van der Waals surface area contributed by atoms with Crippen LogP contribution in [0.3, 0.4) is 0 Å². The van der Waals surface area contributed by atoms with Crippen molar-refractivity contribution in [2.45, 2.75) is 6.61 Å². The molecule has 5 nitrogen and oxygen atoms in total. The Hall–Kier alpha value is -3.31. The predicted octanol–water partition coefficient (Wildman–Crippen LogP) is 4.35. The zero-order chi connectivity index (χ0) is 19.9. The third-order valence-electron chi connectivity index (χ3n) is 4.84. The van der Waals surface area contributed by atoms with Crippen LogP contribution in [0.2, 0.25) is 0 Å². The number of nitrogens with zero attached hydrogens (tertiary/aromatic N) is 1. The minimum Gasteiger partial charge on any atom is -0.489 e. The van der Waals surface area contributed by atoms with Gasteiger partial charge in [0.25, 0.3) is 5.91 Å². The largest absolute Gasteiger partial charge is 0.489 e. The molecular formula is C24H24N2O3. The fraction of sp³-hybridized carbons (Fsp3) is 0.208. The van der Waals surface area contributed by atoms with Gasteiger partial charge in [-0.2, -0.15) is 0 Å². The fourth-order valence-electron chi connectivity index (χ4n) is 3.34. The Labute approximate surface area is 170 Å². The number of carbonyl (C=O) groups is 1. The molecule has 1 aliphatic rings. The number of hydrogen-bond donors (Lipinski definition) is 1. The van der Waals surface area contributed by atoms with Crippen molar-refractivity contribution in [2.24, 2.45) is 0 Å². The molecule has 148 valence electrons. The van der Waals surface area contributed by atoms with Crippen molar-refractivity contribution in [3.8, 4) is 5.75 Å². The SMILES string of the molecule is O=C(Nc1ccccc1N1CCOCC1)c1cccc(COc2ccccc2)c1. The molecule has 0 aromatic heterocycles. The molecule has 1 saturated heterocycles. The first-order valence-corrected chi connectivity index (χ1v) is 9.79. The Morgan fingerprint density at radius 2 is 1.69 bits per heavy atom. The normalized spacial score (nSPS) is 13.7. The van der Waals surface area contributed by atoms with Gasteiger partial charge in [0.1, 0.15) is 12.4 Å². The van der Waals surface area contributed by atoms with Crippen molar-refractivity contribution in [3.63, 3.8) is 0 Å². The summed E-state index contributed by atoms with van der Waals surface area (Å²) in [4.78, 5) is 15.1. The monoisotopic (exact) mass is 388 g/mol. The third kappa shape index (κ3) is 4.95. The van der Waals surface area contributed by atoms with Crippen molar-refractivity contribution in [1.82, 2.24) is 0 Å². The molecule has 5 heteroatoms. The second kappa shape index (κ2) is 9.26. The van der Waals surface area contributed by atoms with Crippen molar-refractivity contribution in [3.05, 3.63) is 90.0 Å². The summed E-state index contributed by atoms with van der Waals surface area (Å²) in [6.07, 6.45) is 0. The van der Waals surface area contributed by atoms with Crippen LogP contribution in [0.1, 0.15) is 15.9 Å². The number of morpholine rings is 1. The van der Waals surface area contributed by atoms with E-state index in [0.717, 1.165) is 35.8 Å². The van der Waals surface area contributed by atoms with Crippen LogP contribution in [0.5, 0.6) is 5.75 Å². The van der Waals surface area contributed by atoms with E-state index in [1.165, 1.54) is 0 Å². The molecule has 0 aliphatic carbocycles. The lowest BCUT2D eigenvalue weighted by Crippen LogP contribution is -2.36. The van der Waals surface area contributed by atoms with Crippen LogP contribution in [-0.4, -0.2) is 32.2 Å². The van der Waals surface area contributed by atoms with Crippen LogP contribution >= 0.6 is 0 Å². The van der Waals surface area contributed by atoms with E-state index in [4.69, 9.17) is 9.47 Å². The van der Waals surface area contributed by atoms with Gasteiger partial charge in [0.05, 0.1) is 24.6 Å². The van der Waals surface area contributed by atoms with E-state index < -0.39 is 0 Å². The Bertz CT molecular complexity index is 953. The number of benzene rings is 3. The zero-order valence-electron chi connectivity index (χ0n) is 16.2. The highest BCUT2D eigenvalue weighted by atomic mass is 16.5. The molecule has 1 fully saturated rings. The summed E-state index contributed by atoms with van der Waals surface area (Å²) in [5.41, 5.74) is 3.39. The smallest absolute Gasteiger partial charge is 0.255 e. The fourth-order valence-corrected chi connectivity index (χ4v) is 3.34. The van der Waals surface area contributed by atoms with Gasteiger partial charge in [-0.15, -0.1) is 0 Å². The molecule has 4 rings (SSSR count). The summed E-state index contributed by atoms with van der Waals surface area (Å²) in [7, 11) is 0.